The van der Waals surface area contributed by atoms with Crippen LogP contribution in [-0.2, 0) is 0 Å². The predicted molar refractivity (Wildman–Crippen MR) is 86.6 cm³/mol. The minimum atomic E-state index is -0.442. The van der Waals surface area contributed by atoms with Crippen LogP contribution in [0.5, 0.6) is 0 Å². The largest absolute Gasteiger partial charge is 0.397 e. The maximum atomic E-state index is 10.4. The lowest BCUT2D eigenvalue weighted by Gasteiger charge is -1.89. The molecule has 3 heterocycles. The number of nitrogen functional groups attached to an aromatic ring is 1. The van der Waals surface area contributed by atoms with Gasteiger partial charge in [-0.2, -0.15) is 0 Å². The highest BCUT2D eigenvalue weighted by molar-refractivity contribution is 5.92. The number of carbonyl (C=O) groups is 1. The van der Waals surface area contributed by atoms with Crippen LogP contribution in [-0.4, -0.2) is 42.5 Å². The van der Waals surface area contributed by atoms with Crippen LogP contribution in [0.4, 0.5) is 5.82 Å². The predicted octanol–water partition coefficient (Wildman–Crippen LogP) is 0.276. The summed E-state index contributed by atoms with van der Waals surface area (Å²) in [4.78, 5) is 28.5. The van der Waals surface area contributed by atoms with Crippen molar-refractivity contribution in [1.29, 1.82) is 0 Å². The van der Waals surface area contributed by atoms with Crippen molar-refractivity contribution in [2.24, 2.45) is 5.73 Å². The van der Waals surface area contributed by atoms with Gasteiger partial charge < -0.3 is 27.7 Å². The minimum Gasteiger partial charge on any atom is -0.397 e. The lowest BCUT2D eigenvalue weighted by atomic mass is 10.3. The Kier molecular flexibility index (Phi) is 9.16. The Hall–Kier alpha value is -3.11. The number of rotatable bonds is 1. The molecule has 0 atom stereocenters. The number of hydrogen-bond donors (Lipinski definition) is 5. The molecule has 0 spiro atoms. The van der Waals surface area contributed by atoms with E-state index in [2.05, 4.69) is 24.9 Å². The minimum absolute atomic E-state index is 0. The van der Waals surface area contributed by atoms with Gasteiger partial charge in [0.25, 0.3) is 0 Å². The molecule has 0 saturated carbocycles. The van der Waals surface area contributed by atoms with Gasteiger partial charge in [0.2, 0.25) is 5.91 Å². The fraction of sp³-hybridized carbons (Fsp3) is 0.154. The average molecular weight is 320 g/mol. The fourth-order valence-electron chi connectivity index (χ4n) is 1.29. The quantitative estimate of drug-likeness (QED) is 0.421. The van der Waals surface area contributed by atoms with Gasteiger partial charge in [-0.25, -0.2) is 15.0 Å². The molecule has 3 rings (SSSR count). The molecule has 0 unspecified atom stereocenters. The molecule has 3 aromatic heterocycles. The first kappa shape index (κ1) is 19.9. The smallest absolute Gasteiger partial charge is 0.250 e. The highest BCUT2D eigenvalue weighted by atomic mass is 16.2. The van der Waals surface area contributed by atoms with Crippen LogP contribution in [0.3, 0.4) is 0 Å². The summed E-state index contributed by atoms with van der Waals surface area (Å²) in [6.07, 6.45) is 5.95. The number of aliphatic hydroxyl groups excluding tert-OH is 1. The van der Waals surface area contributed by atoms with E-state index >= 15 is 0 Å². The van der Waals surface area contributed by atoms with E-state index in [1.807, 2.05) is 0 Å². The summed E-state index contributed by atoms with van der Waals surface area (Å²) in [6.45, 7) is 1.93. The topological polar surface area (TPSA) is 192 Å². The highest BCUT2D eigenvalue weighted by Gasteiger charge is 1.99. The van der Waals surface area contributed by atoms with E-state index in [1.165, 1.54) is 18.9 Å². The number of nitrogens with two attached hydrogens (primary N) is 2. The molecule has 10 heteroatoms. The number of aliphatic hydroxyl groups is 1. The summed E-state index contributed by atoms with van der Waals surface area (Å²) >= 11 is 0. The van der Waals surface area contributed by atoms with Crippen molar-refractivity contribution in [1.82, 2.24) is 31.1 Å². The number of aromatic amines is 1. The van der Waals surface area contributed by atoms with Crippen molar-refractivity contribution in [2.45, 2.75) is 6.92 Å². The van der Waals surface area contributed by atoms with E-state index in [0.717, 1.165) is 0 Å². The number of H-pyrrole nitrogens is 1. The number of hydrogen-bond acceptors (Lipinski definition) is 8. The number of nitrogens with one attached hydrogen (secondary N) is 1. The molecular weight excluding hydrogens is 300 g/mol. The number of aromatic nitrogens is 5. The first-order valence-electron chi connectivity index (χ1n) is 6.30. The zero-order valence-corrected chi connectivity index (χ0v) is 12.7. The molecule has 0 radical (unpaired) electrons. The second kappa shape index (κ2) is 10.6. The molecule has 0 aliphatic carbocycles. The van der Waals surface area contributed by atoms with E-state index in [0.29, 0.717) is 22.5 Å². The Morgan fingerprint density at radius 3 is 2.52 bits per heavy atom. The van der Waals surface area contributed by atoms with Crippen LogP contribution in [0.15, 0.2) is 37.2 Å². The maximum absolute atomic E-state index is 10.4. The number of nitrogens with zero attached hydrogens (tertiary/aromatic N) is 4. The molecule has 23 heavy (non-hydrogen) atoms. The summed E-state index contributed by atoms with van der Waals surface area (Å²) in [5.41, 5.74) is 12.2. The zero-order valence-electron chi connectivity index (χ0n) is 12.7. The third-order valence-electron chi connectivity index (χ3n) is 2.20. The molecule has 0 aromatic carbocycles. The van der Waals surface area contributed by atoms with E-state index in [9.17, 15) is 4.79 Å². The molecule has 3 aromatic rings. The van der Waals surface area contributed by atoms with Crippen molar-refractivity contribution in [2.75, 3.05) is 12.3 Å². The van der Waals surface area contributed by atoms with Crippen molar-refractivity contribution < 1.29 is 9.90 Å². The van der Waals surface area contributed by atoms with Gasteiger partial charge in [-0.3, -0.25) is 9.78 Å². The van der Waals surface area contributed by atoms with Gasteiger partial charge >= 0.3 is 0 Å². The molecule has 0 saturated heterocycles. The zero-order chi connectivity index (χ0) is 16.4. The van der Waals surface area contributed by atoms with Crippen LogP contribution >= 0.6 is 0 Å². The summed E-state index contributed by atoms with van der Waals surface area (Å²) in [5, 5.41) is 7.57. The fourth-order valence-corrected chi connectivity index (χ4v) is 1.29. The molecule has 9 N–H and O–H groups in total. The summed E-state index contributed by atoms with van der Waals surface area (Å²) < 4.78 is 0. The monoisotopic (exact) mass is 320 g/mol. The summed E-state index contributed by atoms with van der Waals surface area (Å²) in [5.74, 6) is -0.00870. The van der Waals surface area contributed by atoms with E-state index < -0.39 is 5.91 Å². The number of fused-ring (bicyclic) bond motifs is 1. The van der Waals surface area contributed by atoms with Crippen molar-refractivity contribution in [3.63, 3.8) is 0 Å². The third-order valence-corrected chi connectivity index (χ3v) is 2.20. The number of carbonyl (C=O) groups excluding carboxylic acids is 1. The van der Waals surface area contributed by atoms with Crippen molar-refractivity contribution in [3.8, 4) is 0 Å². The third kappa shape index (κ3) is 6.46. The van der Waals surface area contributed by atoms with E-state index in [-0.39, 0.29) is 12.8 Å². The molecule has 0 aliphatic heterocycles. The number of amides is 1. The first-order chi connectivity index (χ1) is 10.6. The average Bonchev–Trinajstić information content (AvgIpc) is 3.00. The molecule has 1 amide bonds. The van der Waals surface area contributed by atoms with Gasteiger partial charge in [0.1, 0.15) is 11.8 Å². The number of pyridine rings is 1. The van der Waals surface area contributed by atoms with Crippen LogP contribution in [0, 0.1) is 0 Å². The van der Waals surface area contributed by atoms with Gasteiger partial charge in [-0.05, 0) is 19.1 Å². The highest BCUT2D eigenvalue weighted by Crippen LogP contribution is 2.09. The Labute approximate surface area is 132 Å². The standard InChI is InChI=1S/C6H6N2O.C5H5N5.C2H6O.H3N/c7-6(9)5-2-1-3-8-4-5;6-4-3-5(9-1-7-3)10-2-8-4;1-2-3;/h1-4H,(H2,7,9);1-2H,(H3,6,7,8,9,10);3H,2H2,1H3;1H3. The van der Waals surface area contributed by atoms with Crippen LogP contribution in [0.1, 0.15) is 17.3 Å². The lowest BCUT2D eigenvalue weighted by Crippen LogP contribution is -2.10. The molecule has 124 valence electrons. The van der Waals surface area contributed by atoms with Gasteiger partial charge in [0.15, 0.2) is 11.5 Å². The number of anilines is 1. The van der Waals surface area contributed by atoms with Crippen molar-refractivity contribution >= 4 is 22.9 Å². The number of primary amides is 1. The normalized spacial score (nSPS) is 8.78. The lowest BCUT2D eigenvalue weighted by molar-refractivity contribution is 0.1000. The number of imidazole rings is 1. The van der Waals surface area contributed by atoms with Gasteiger partial charge in [-0.1, -0.05) is 0 Å². The Morgan fingerprint density at radius 1 is 1.35 bits per heavy atom. The van der Waals surface area contributed by atoms with Crippen LogP contribution < -0.4 is 17.6 Å². The van der Waals surface area contributed by atoms with Crippen molar-refractivity contribution in [3.05, 3.63) is 42.7 Å². The summed E-state index contributed by atoms with van der Waals surface area (Å²) in [7, 11) is 0. The van der Waals surface area contributed by atoms with Crippen LogP contribution in [0.25, 0.3) is 11.2 Å². The molecule has 0 bridgehead atoms. The molecule has 10 nitrogen and oxygen atoms in total. The second-order valence-electron chi connectivity index (χ2n) is 3.78. The molecule has 0 fully saturated rings. The Morgan fingerprint density at radius 2 is 2.04 bits per heavy atom. The first-order valence-corrected chi connectivity index (χ1v) is 6.30. The SMILES string of the molecule is CCO.N.NC(=O)c1cccnc1.Nc1ncnc2nc[nH]c12. The van der Waals surface area contributed by atoms with E-state index in [1.54, 1.807) is 25.3 Å². The maximum Gasteiger partial charge on any atom is 0.250 e. The van der Waals surface area contributed by atoms with Gasteiger partial charge in [0, 0.05) is 19.0 Å². The van der Waals surface area contributed by atoms with Gasteiger partial charge in [-0.15, -0.1) is 0 Å². The molecule has 0 aliphatic rings. The van der Waals surface area contributed by atoms with Gasteiger partial charge in [0.05, 0.1) is 11.9 Å². The second-order valence-corrected chi connectivity index (χ2v) is 3.78. The summed E-state index contributed by atoms with van der Waals surface area (Å²) in [6, 6.07) is 3.29. The Bertz CT molecular complexity index is 701. The molecular formula is C13H20N8O2. The van der Waals surface area contributed by atoms with Crippen LogP contribution in [0.2, 0.25) is 0 Å². The van der Waals surface area contributed by atoms with E-state index in [4.69, 9.17) is 16.6 Å². The Balaban J connectivity index is 0.000000350.